The maximum absolute atomic E-state index is 5.86. The molecule has 19 heavy (non-hydrogen) atoms. The van der Waals surface area contributed by atoms with Gasteiger partial charge in [-0.25, -0.2) is 9.97 Å². The Morgan fingerprint density at radius 2 is 1.84 bits per heavy atom. The number of hydrogen-bond acceptors (Lipinski definition) is 4. The summed E-state index contributed by atoms with van der Waals surface area (Å²) in [5.74, 6) is 0.820. The van der Waals surface area contributed by atoms with Gasteiger partial charge in [0.25, 0.3) is 0 Å². The molecule has 2 aliphatic heterocycles. The lowest BCUT2D eigenvalue weighted by molar-refractivity contribution is 0.158. The zero-order valence-corrected chi connectivity index (χ0v) is 12.3. The second-order valence-corrected chi connectivity index (χ2v) is 6.30. The van der Waals surface area contributed by atoms with E-state index in [4.69, 9.17) is 11.6 Å². The van der Waals surface area contributed by atoms with Gasteiger partial charge >= 0.3 is 0 Å². The molecule has 0 spiro atoms. The molecule has 1 aromatic rings. The smallest absolute Gasteiger partial charge is 0.225 e. The van der Waals surface area contributed by atoms with Gasteiger partial charge in [0.15, 0.2) is 0 Å². The molecule has 104 valence electrons. The molecule has 5 heteroatoms. The van der Waals surface area contributed by atoms with Crippen LogP contribution in [0.25, 0.3) is 0 Å². The number of anilines is 1. The van der Waals surface area contributed by atoms with Crippen molar-refractivity contribution in [1.29, 1.82) is 0 Å². The Kier molecular flexibility index (Phi) is 3.63. The Balaban J connectivity index is 1.78. The molecule has 0 N–H and O–H groups in total. The van der Waals surface area contributed by atoms with Crippen molar-refractivity contribution in [2.24, 2.45) is 0 Å². The fourth-order valence-electron chi connectivity index (χ4n) is 3.60. The van der Waals surface area contributed by atoms with Crippen molar-refractivity contribution in [3.63, 3.8) is 0 Å². The summed E-state index contributed by atoms with van der Waals surface area (Å²) in [7, 11) is 0. The molecule has 0 aromatic carbocycles. The first-order valence-corrected chi connectivity index (χ1v) is 7.53. The molecule has 2 atom stereocenters. The van der Waals surface area contributed by atoms with E-state index in [0.29, 0.717) is 17.1 Å². The molecule has 3 rings (SSSR count). The highest BCUT2D eigenvalue weighted by atomic mass is 35.5. The van der Waals surface area contributed by atoms with Crippen molar-refractivity contribution < 1.29 is 0 Å². The summed E-state index contributed by atoms with van der Waals surface area (Å²) in [5, 5.41) is 0.601. The largest absolute Gasteiger partial charge is 0.339 e. The van der Waals surface area contributed by atoms with Crippen LogP contribution in [0.2, 0.25) is 5.02 Å². The Hall–Kier alpha value is -0.870. The van der Waals surface area contributed by atoms with Crippen LogP contribution in [0.1, 0.15) is 33.1 Å². The average molecular weight is 281 g/mol. The number of aromatic nitrogens is 2. The van der Waals surface area contributed by atoms with E-state index in [-0.39, 0.29) is 0 Å². The standard InChI is InChI=1S/C14H21ClN4/c1-10(2)19-12-3-4-13(19)9-18(6-5-12)14-16-7-11(15)8-17-14/h7-8,10,12-13H,3-6,9H2,1-2H3. The van der Waals surface area contributed by atoms with Gasteiger partial charge in [-0.15, -0.1) is 0 Å². The molecule has 2 unspecified atom stereocenters. The van der Waals surface area contributed by atoms with Crippen molar-refractivity contribution in [3.05, 3.63) is 17.4 Å². The second-order valence-electron chi connectivity index (χ2n) is 5.86. The molecule has 1 aromatic heterocycles. The van der Waals surface area contributed by atoms with Gasteiger partial charge in [0.1, 0.15) is 0 Å². The fourth-order valence-corrected chi connectivity index (χ4v) is 3.70. The average Bonchev–Trinajstić information content (AvgIpc) is 2.66. The van der Waals surface area contributed by atoms with Crippen LogP contribution in [0.5, 0.6) is 0 Å². The Morgan fingerprint density at radius 3 is 2.53 bits per heavy atom. The third-order valence-electron chi connectivity index (χ3n) is 4.33. The topological polar surface area (TPSA) is 32.3 Å². The van der Waals surface area contributed by atoms with Gasteiger partial charge in [0.2, 0.25) is 5.95 Å². The lowest BCUT2D eigenvalue weighted by Crippen LogP contribution is -2.43. The van der Waals surface area contributed by atoms with E-state index in [2.05, 4.69) is 33.6 Å². The first kappa shape index (κ1) is 13.1. The highest BCUT2D eigenvalue weighted by Gasteiger charge is 2.38. The molecule has 4 nitrogen and oxygen atoms in total. The third-order valence-corrected chi connectivity index (χ3v) is 4.52. The lowest BCUT2D eigenvalue weighted by atomic mass is 10.1. The van der Waals surface area contributed by atoms with Crippen LogP contribution in [-0.2, 0) is 0 Å². The SMILES string of the molecule is CC(C)N1C2CCC1CN(c1ncc(Cl)cn1)CC2. The van der Waals surface area contributed by atoms with Gasteiger partial charge in [0, 0.05) is 31.2 Å². The van der Waals surface area contributed by atoms with Crippen LogP contribution in [0, 0.1) is 0 Å². The van der Waals surface area contributed by atoms with E-state index >= 15 is 0 Å². The van der Waals surface area contributed by atoms with E-state index in [0.717, 1.165) is 25.1 Å². The molecule has 3 heterocycles. The van der Waals surface area contributed by atoms with Crippen LogP contribution >= 0.6 is 11.6 Å². The van der Waals surface area contributed by atoms with E-state index in [1.165, 1.54) is 19.3 Å². The van der Waals surface area contributed by atoms with Gasteiger partial charge in [-0.05, 0) is 33.1 Å². The predicted octanol–water partition coefficient (Wildman–Crippen LogP) is 2.58. The monoisotopic (exact) mass is 280 g/mol. The molecule has 2 aliphatic rings. The Labute approximate surface area is 119 Å². The number of nitrogens with zero attached hydrogens (tertiary/aromatic N) is 4. The molecule has 2 saturated heterocycles. The summed E-state index contributed by atoms with van der Waals surface area (Å²) in [6.45, 7) is 6.70. The first-order valence-electron chi connectivity index (χ1n) is 7.15. The lowest BCUT2D eigenvalue weighted by Gasteiger charge is -2.32. The van der Waals surface area contributed by atoms with Crippen LogP contribution < -0.4 is 4.90 Å². The normalized spacial score (nSPS) is 27.9. The van der Waals surface area contributed by atoms with Crippen molar-refractivity contribution in [2.45, 2.75) is 51.2 Å². The van der Waals surface area contributed by atoms with E-state index in [1.807, 2.05) is 0 Å². The third kappa shape index (κ3) is 2.56. The van der Waals surface area contributed by atoms with Crippen molar-refractivity contribution in [1.82, 2.24) is 14.9 Å². The zero-order valence-electron chi connectivity index (χ0n) is 11.6. The Morgan fingerprint density at radius 1 is 1.16 bits per heavy atom. The van der Waals surface area contributed by atoms with Crippen LogP contribution in [-0.4, -0.2) is 46.1 Å². The van der Waals surface area contributed by atoms with Gasteiger partial charge in [-0.2, -0.15) is 0 Å². The summed E-state index contributed by atoms with van der Waals surface area (Å²) in [6, 6.07) is 2.01. The number of hydrogen-bond donors (Lipinski definition) is 0. The van der Waals surface area contributed by atoms with E-state index < -0.39 is 0 Å². The summed E-state index contributed by atoms with van der Waals surface area (Å²) in [6.07, 6.45) is 7.23. The minimum atomic E-state index is 0.601. The summed E-state index contributed by atoms with van der Waals surface area (Å²) < 4.78 is 0. The van der Waals surface area contributed by atoms with Crippen molar-refractivity contribution in [3.8, 4) is 0 Å². The molecule has 0 radical (unpaired) electrons. The van der Waals surface area contributed by atoms with Crippen LogP contribution in [0.4, 0.5) is 5.95 Å². The molecule has 0 saturated carbocycles. The molecule has 2 bridgehead atoms. The first-order chi connectivity index (χ1) is 9.15. The summed E-state index contributed by atoms with van der Waals surface area (Å²) in [4.78, 5) is 13.7. The van der Waals surface area contributed by atoms with Crippen molar-refractivity contribution >= 4 is 17.5 Å². The molecular weight excluding hydrogens is 260 g/mol. The van der Waals surface area contributed by atoms with Crippen LogP contribution in [0.15, 0.2) is 12.4 Å². The molecule has 2 fully saturated rings. The minimum absolute atomic E-state index is 0.601. The molecule has 0 aliphatic carbocycles. The van der Waals surface area contributed by atoms with Gasteiger partial charge in [-0.1, -0.05) is 11.6 Å². The van der Waals surface area contributed by atoms with Crippen LogP contribution in [0.3, 0.4) is 0 Å². The van der Waals surface area contributed by atoms with Crippen molar-refractivity contribution in [2.75, 3.05) is 18.0 Å². The zero-order chi connectivity index (χ0) is 13.4. The quantitative estimate of drug-likeness (QED) is 0.833. The summed E-state index contributed by atoms with van der Waals surface area (Å²) >= 11 is 5.86. The highest BCUT2D eigenvalue weighted by molar-refractivity contribution is 6.30. The maximum Gasteiger partial charge on any atom is 0.225 e. The highest BCUT2D eigenvalue weighted by Crippen LogP contribution is 2.32. The predicted molar refractivity (Wildman–Crippen MR) is 77.7 cm³/mol. The minimum Gasteiger partial charge on any atom is -0.339 e. The van der Waals surface area contributed by atoms with Gasteiger partial charge < -0.3 is 4.90 Å². The second kappa shape index (κ2) is 5.25. The summed E-state index contributed by atoms with van der Waals surface area (Å²) in [5.41, 5.74) is 0. The molecule has 0 amide bonds. The van der Waals surface area contributed by atoms with E-state index in [1.54, 1.807) is 12.4 Å². The van der Waals surface area contributed by atoms with Gasteiger partial charge in [-0.3, -0.25) is 4.90 Å². The van der Waals surface area contributed by atoms with E-state index in [9.17, 15) is 0 Å². The van der Waals surface area contributed by atoms with Gasteiger partial charge in [0.05, 0.1) is 17.4 Å². The fraction of sp³-hybridized carbons (Fsp3) is 0.714. The number of halogens is 1. The number of rotatable bonds is 2. The Bertz CT molecular complexity index is 434. The maximum atomic E-state index is 5.86. The number of fused-ring (bicyclic) bond motifs is 2. The molecular formula is C14H21ClN4.